The van der Waals surface area contributed by atoms with E-state index in [0.29, 0.717) is 6.54 Å². The quantitative estimate of drug-likeness (QED) is 0.732. The average Bonchev–Trinajstić information content (AvgIpc) is 2.68. The van der Waals surface area contributed by atoms with Crippen LogP contribution in [0.4, 0.5) is 0 Å². The maximum Gasteiger partial charge on any atom is 0.233 e. The molecule has 1 fully saturated rings. The highest BCUT2D eigenvalue weighted by Gasteiger charge is 2.14. The van der Waals surface area contributed by atoms with Crippen molar-refractivity contribution in [3.05, 3.63) is 65.7 Å². The van der Waals surface area contributed by atoms with Crippen molar-refractivity contribution >= 4 is 17.7 Å². The highest BCUT2D eigenvalue weighted by Crippen LogP contribution is 2.22. The van der Waals surface area contributed by atoms with Gasteiger partial charge < -0.3 is 5.32 Å². The molecule has 0 radical (unpaired) electrons. The molecule has 1 amide bonds. The topological polar surface area (TPSA) is 32.3 Å². The van der Waals surface area contributed by atoms with Crippen LogP contribution < -0.4 is 5.32 Å². The molecule has 1 saturated heterocycles. The Hall–Kier alpha value is -1.78. The van der Waals surface area contributed by atoms with Gasteiger partial charge in [-0.25, -0.2) is 0 Å². The molecule has 0 spiro atoms. The van der Waals surface area contributed by atoms with Gasteiger partial charge >= 0.3 is 0 Å². The van der Waals surface area contributed by atoms with E-state index in [1.807, 2.05) is 37.3 Å². The second kappa shape index (κ2) is 9.79. The molecule has 138 valence electrons. The highest BCUT2D eigenvalue weighted by atomic mass is 32.2. The Kier molecular flexibility index (Phi) is 7.15. The molecule has 1 aliphatic rings. The summed E-state index contributed by atoms with van der Waals surface area (Å²) in [4.78, 5) is 16.0. The minimum Gasteiger partial charge on any atom is -0.351 e. The van der Waals surface area contributed by atoms with Crippen LogP contribution in [-0.4, -0.2) is 29.1 Å². The van der Waals surface area contributed by atoms with Gasteiger partial charge in [-0.3, -0.25) is 9.69 Å². The molecule has 0 aliphatic carbocycles. The number of carbonyl (C=O) groups excluding carboxylic acids is 1. The number of nitrogens with one attached hydrogen (secondary N) is 1. The van der Waals surface area contributed by atoms with Gasteiger partial charge in [0.1, 0.15) is 0 Å². The molecule has 1 aliphatic heterocycles. The zero-order chi connectivity index (χ0) is 18.2. The first-order valence-corrected chi connectivity index (χ1v) is 10.4. The van der Waals surface area contributed by atoms with Gasteiger partial charge in [-0.15, -0.1) is 11.8 Å². The fourth-order valence-corrected chi connectivity index (χ4v) is 4.22. The van der Waals surface area contributed by atoms with Gasteiger partial charge in [-0.1, -0.05) is 48.9 Å². The lowest BCUT2D eigenvalue weighted by Gasteiger charge is -2.26. The predicted molar refractivity (Wildman–Crippen MR) is 109 cm³/mol. The summed E-state index contributed by atoms with van der Waals surface area (Å²) in [5, 5.41) is 2.97. The number of rotatable bonds is 7. The van der Waals surface area contributed by atoms with Crippen LogP contribution in [0.5, 0.6) is 0 Å². The molecule has 0 aromatic heterocycles. The summed E-state index contributed by atoms with van der Waals surface area (Å²) in [7, 11) is 0. The van der Waals surface area contributed by atoms with E-state index in [4.69, 9.17) is 0 Å². The highest BCUT2D eigenvalue weighted by molar-refractivity contribution is 8.00. The third-order valence-corrected chi connectivity index (χ3v) is 5.85. The zero-order valence-electron chi connectivity index (χ0n) is 15.5. The summed E-state index contributed by atoms with van der Waals surface area (Å²) in [5.41, 5.74) is 2.51. The fraction of sp³-hybridized carbons (Fsp3) is 0.409. The maximum absolute atomic E-state index is 12.4. The standard InChI is InChI=1S/C22H28N2OS/c1-18(26-21-11-4-2-5-12-21)22(25)23-16-19-9-8-10-20(15-19)17-24-13-6-3-7-14-24/h2,4-5,8-12,15,18H,3,6-7,13-14,16-17H2,1H3,(H,23,25)/t18-/m1/s1. The second-order valence-electron chi connectivity index (χ2n) is 6.95. The van der Waals surface area contributed by atoms with Gasteiger partial charge in [0.15, 0.2) is 0 Å². The van der Waals surface area contributed by atoms with Crippen molar-refractivity contribution < 1.29 is 4.79 Å². The Morgan fingerprint density at radius 2 is 1.77 bits per heavy atom. The molecule has 3 rings (SSSR count). The second-order valence-corrected chi connectivity index (χ2v) is 8.36. The van der Waals surface area contributed by atoms with E-state index in [2.05, 4.69) is 34.5 Å². The van der Waals surface area contributed by atoms with Gasteiger partial charge in [0, 0.05) is 18.0 Å². The van der Waals surface area contributed by atoms with Crippen molar-refractivity contribution in [2.24, 2.45) is 0 Å². The van der Waals surface area contributed by atoms with E-state index in [-0.39, 0.29) is 11.2 Å². The number of likely N-dealkylation sites (tertiary alicyclic amines) is 1. The number of benzene rings is 2. The number of thioether (sulfide) groups is 1. The molecule has 3 nitrogen and oxygen atoms in total. The summed E-state index contributed by atoms with van der Waals surface area (Å²) in [6, 6.07) is 18.7. The Balaban J connectivity index is 1.49. The molecule has 2 aromatic carbocycles. The lowest BCUT2D eigenvalue weighted by atomic mass is 10.1. The van der Waals surface area contributed by atoms with E-state index < -0.39 is 0 Å². The Labute approximate surface area is 161 Å². The van der Waals surface area contributed by atoms with Crippen LogP contribution in [-0.2, 0) is 17.9 Å². The van der Waals surface area contributed by atoms with Crippen LogP contribution in [0.25, 0.3) is 0 Å². The van der Waals surface area contributed by atoms with Crippen molar-refractivity contribution in [2.75, 3.05) is 13.1 Å². The molecule has 1 heterocycles. The molecule has 1 N–H and O–H groups in total. The first-order valence-electron chi connectivity index (χ1n) is 9.50. The number of carbonyl (C=O) groups is 1. The van der Waals surface area contributed by atoms with Crippen molar-refractivity contribution in [1.82, 2.24) is 10.2 Å². The molecular weight excluding hydrogens is 340 g/mol. The first-order chi connectivity index (χ1) is 12.7. The zero-order valence-corrected chi connectivity index (χ0v) is 16.3. The van der Waals surface area contributed by atoms with Gasteiger partial charge in [-0.05, 0) is 56.1 Å². The molecule has 4 heteroatoms. The van der Waals surface area contributed by atoms with Crippen molar-refractivity contribution in [1.29, 1.82) is 0 Å². The first kappa shape index (κ1) is 19.0. The lowest BCUT2D eigenvalue weighted by Crippen LogP contribution is -2.30. The minimum absolute atomic E-state index is 0.0836. The van der Waals surface area contributed by atoms with Crippen LogP contribution >= 0.6 is 11.8 Å². The van der Waals surface area contributed by atoms with E-state index in [1.165, 1.54) is 43.5 Å². The Morgan fingerprint density at radius 3 is 2.54 bits per heavy atom. The molecule has 0 unspecified atom stereocenters. The van der Waals surface area contributed by atoms with Crippen molar-refractivity contribution in [3.8, 4) is 0 Å². The van der Waals surface area contributed by atoms with E-state index in [0.717, 1.165) is 11.4 Å². The molecule has 26 heavy (non-hydrogen) atoms. The van der Waals surface area contributed by atoms with Crippen molar-refractivity contribution in [3.63, 3.8) is 0 Å². The normalized spacial score (nSPS) is 16.2. The monoisotopic (exact) mass is 368 g/mol. The molecule has 1 atom stereocenters. The number of nitrogens with zero attached hydrogens (tertiary/aromatic N) is 1. The van der Waals surface area contributed by atoms with E-state index in [9.17, 15) is 4.79 Å². The molecule has 0 saturated carbocycles. The Morgan fingerprint density at radius 1 is 1.04 bits per heavy atom. The van der Waals surface area contributed by atoms with E-state index in [1.54, 1.807) is 11.8 Å². The van der Waals surface area contributed by atoms with E-state index >= 15 is 0 Å². The molecule has 0 bridgehead atoms. The summed E-state index contributed by atoms with van der Waals surface area (Å²) in [6.07, 6.45) is 3.99. The number of hydrogen-bond donors (Lipinski definition) is 1. The van der Waals surface area contributed by atoms with Crippen LogP contribution in [0.2, 0.25) is 0 Å². The number of amides is 1. The van der Waals surface area contributed by atoms with Crippen LogP contribution in [0, 0.1) is 0 Å². The Bertz CT molecular complexity index is 698. The number of piperidine rings is 1. The van der Waals surface area contributed by atoms with Gasteiger partial charge in [0.25, 0.3) is 0 Å². The molecular formula is C22H28N2OS. The average molecular weight is 369 g/mol. The predicted octanol–water partition coefficient (Wildman–Crippen LogP) is 4.47. The smallest absolute Gasteiger partial charge is 0.233 e. The minimum atomic E-state index is -0.103. The summed E-state index contributed by atoms with van der Waals surface area (Å²) < 4.78 is 0. The van der Waals surface area contributed by atoms with Gasteiger partial charge in [-0.2, -0.15) is 0 Å². The maximum atomic E-state index is 12.4. The van der Waals surface area contributed by atoms with Crippen molar-refractivity contribution in [2.45, 2.75) is 49.4 Å². The summed E-state index contributed by atoms with van der Waals surface area (Å²) in [5.74, 6) is 0.0836. The van der Waals surface area contributed by atoms with Gasteiger partial charge in [0.2, 0.25) is 5.91 Å². The van der Waals surface area contributed by atoms with Crippen LogP contribution in [0.1, 0.15) is 37.3 Å². The van der Waals surface area contributed by atoms with Crippen LogP contribution in [0.15, 0.2) is 59.5 Å². The van der Waals surface area contributed by atoms with Crippen LogP contribution in [0.3, 0.4) is 0 Å². The largest absolute Gasteiger partial charge is 0.351 e. The SMILES string of the molecule is C[C@@H](Sc1ccccc1)C(=O)NCc1cccc(CN2CCCCC2)c1. The van der Waals surface area contributed by atoms with Gasteiger partial charge in [0.05, 0.1) is 5.25 Å². The summed E-state index contributed by atoms with van der Waals surface area (Å²) >= 11 is 1.59. The lowest BCUT2D eigenvalue weighted by molar-refractivity contribution is -0.120. The number of hydrogen-bond acceptors (Lipinski definition) is 3. The fourth-order valence-electron chi connectivity index (χ4n) is 3.30. The summed E-state index contributed by atoms with van der Waals surface area (Å²) in [6.45, 7) is 5.97. The third kappa shape index (κ3) is 5.89. The molecule has 2 aromatic rings. The third-order valence-electron chi connectivity index (χ3n) is 4.74.